The molecule has 0 radical (unpaired) electrons. The van der Waals surface area contributed by atoms with Crippen molar-refractivity contribution in [3.8, 4) is 0 Å². The van der Waals surface area contributed by atoms with Gasteiger partial charge in [0.05, 0.1) is 13.9 Å². The number of hydrogen-bond donors (Lipinski definition) is 2. The molecular formula is C10H17N3O2S4. The number of amidine groups is 1. The first-order valence-electron chi connectivity index (χ1n) is 5.74. The van der Waals surface area contributed by atoms with Gasteiger partial charge < -0.3 is 5.73 Å². The van der Waals surface area contributed by atoms with Crippen molar-refractivity contribution in [3.05, 3.63) is 0 Å². The second kappa shape index (κ2) is 7.61. The summed E-state index contributed by atoms with van der Waals surface area (Å²) in [5.41, 5.74) is 5.66. The van der Waals surface area contributed by atoms with E-state index in [1.165, 1.54) is 16.7 Å². The quantitative estimate of drug-likeness (QED) is 0.247. The Bertz CT molecular complexity index is 425. The molecule has 0 aromatic heterocycles. The molecular weight excluding hydrogens is 322 g/mol. The van der Waals surface area contributed by atoms with E-state index < -0.39 is 8.67 Å². The number of nitrogens with zero attached hydrogens (tertiary/aromatic N) is 2. The van der Waals surface area contributed by atoms with Crippen LogP contribution >= 0.6 is 23.4 Å². The van der Waals surface area contributed by atoms with Crippen LogP contribution in [0.15, 0.2) is 4.40 Å². The lowest BCUT2D eigenvalue weighted by atomic mass is 10.3. The highest BCUT2D eigenvalue weighted by Gasteiger charge is 2.39. The number of likely N-dealkylation sites (tertiary alicyclic amines) is 1. The third kappa shape index (κ3) is 5.05. The molecule has 1 heterocycles. The third-order valence-electron chi connectivity index (χ3n) is 2.53. The first-order chi connectivity index (χ1) is 8.82. The molecule has 1 rings (SSSR count). The number of imide groups is 1. The molecule has 2 N–H and O–H groups in total. The number of hydrogen-bond acceptors (Lipinski definition) is 4. The molecule has 19 heavy (non-hydrogen) atoms. The molecule has 0 bridgehead atoms. The summed E-state index contributed by atoms with van der Waals surface area (Å²) >= 11 is 10.2. The molecule has 1 saturated heterocycles. The van der Waals surface area contributed by atoms with Gasteiger partial charge in [-0.15, -0.1) is 11.8 Å². The van der Waals surface area contributed by atoms with Crippen LogP contribution in [-0.4, -0.2) is 39.6 Å². The lowest BCUT2D eigenvalue weighted by Gasteiger charge is -2.18. The van der Waals surface area contributed by atoms with E-state index in [0.717, 1.165) is 0 Å². The monoisotopic (exact) mass is 339 g/mol. The standard InChI is InChI=1S/C10H17N3O2S4/c1-6(2)13-9(14)5-7(10(13)15)18-4-3-8(11)12-19(16)17/h6-7H,3-5H2,1-2H3,(H2,11,12)(H,16,17). The van der Waals surface area contributed by atoms with Crippen LogP contribution in [0, 0.1) is 0 Å². The molecule has 0 saturated carbocycles. The van der Waals surface area contributed by atoms with Gasteiger partial charge in [-0.25, -0.2) is 0 Å². The van der Waals surface area contributed by atoms with Crippen molar-refractivity contribution in [1.82, 2.24) is 4.90 Å². The predicted octanol–water partition coefficient (Wildman–Crippen LogP) is 0.843. The fourth-order valence-corrected chi connectivity index (χ4v) is 3.77. The molecule has 1 aliphatic rings. The highest BCUT2D eigenvalue weighted by molar-refractivity contribution is 8.75. The number of nitrogens with two attached hydrogens (primary N) is 1. The highest BCUT2D eigenvalue weighted by atomic mass is 33.3. The van der Waals surface area contributed by atoms with Crippen LogP contribution in [-0.2, 0) is 29.4 Å². The summed E-state index contributed by atoms with van der Waals surface area (Å²) in [5, 5.41) is -0.291. The summed E-state index contributed by atoms with van der Waals surface area (Å²) in [7, 11) is -0.773. The minimum atomic E-state index is -0.773. The van der Waals surface area contributed by atoms with Gasteiger partial charge in [-0.2, -0.15) is 4.40 Å². The molecule has 2 unspecified atom stereocenters. The van der Waals surface area contributed by atoms with Crippen LogP contribution in [0.5, 0.6) is 0 Å². The van der Waals surface area contributed by atoms with Gasteiger partial charge in [0, 0.05) is 24.6 Å². The first kappa shape index (κ1) is 16.9. The van der Waals surface area contributed by atoms with E-state index in [0.29, 0.717) is 18.0 Å². The maximum atomic E-state index is 12.0. The summed E-state index contributed by atoms with van der Waals surface area (Å²) in [6.45, 7) is 3.68. The Labute approximate surface area is 129 Å². The molecule has 9 heteroatoms. The van der Waals surface area contributed by atoms with Gasteiger partial charge in [0.1, 0.15) is 5.84 Å². The summed E-state index contributed by atoms with van der Waals surface area (Å²) in [6, 6.07) is -0.0800. The van der Waals surface area contributed by atoms with E-state index in [2.05, 4.69) is 16.1 Å². The summed E-state index contributed by atoms with van der Waals surface area (Å²) in [6.07, 6.45) is 0.821. The second-order valence-corrected chi connectivity index (χ2v) is 9.00. The molecule has 2 amide bonds. The first-order valence-corrected chi connectivity index (χ1v) is 9.95. The Hall–Kier alpha value is -0.120. The van der Waals surface area contributed by atoms with Crippen LogP contribution in [0.25, 0.3) is 0 Å². The SMILES string of the molecule is CC(C)N1C(=O)CC(SCCC(N)=NS(=S)S)C1=O. The minimum absolute atomic E-state index is 0.0800. The molecule has 1 aliphatic heterocycles. The van der Waals surface area contributed by atoms with Gasteiger partial charge in [0.25, 0.3) is 0 Å². The smallest absolute Gasteiger partial charge is 0.243 e. The van der Waals surface area contributed by atoms with E-state index in [1.807, 2.05) is 13.8 Å². The van der Waals surface area contributed by atoms with Crippen molar-refractivity contribution in [3.63, 3.8) is 0 Å². The molecule has 2 atom stereocenters. The third-order valence-corrected chi connectivity index (χ3v) is 4.60. The molecule has 108 valence electrons. The van der Waals surface area contributed by atoms with Crippen LogP contribution in [0.3, 0.4) is 0 Å². The fraction of sp³-hybridized carbons (Fsp3) is 0.700. The average Bonchev–Trinajstić information content (AvgIpc) is 2.52. The number of rotatable bonds is 6. The van der Waals surface area contributed by atoms with Crippen LogP contribution in [0.4, 0.5) is 0 Å². The molecule has 5 nitrogen and oxygen atoms in total. The molecule has 0 spiro atoms. The van der Waals surface area contributed by atoms with E-state index in [9.17, 15) is 9.59 Å². The van der Waals surface area contributed by atoms with Gasteiger partial charge >= 0.3 is 0 Å². The Balaban J connectivity index is 2.46. The van der Waals surface area contributed by atoms with E-state index in [-0.39, 0.29) is 29.5 Å². The van der Waals surface area contributed by atoms with Crippen molar-refractivity contribution in [2.75, 3.05) is 5.75 Å². The van der Waals surface area contributed by atoms with Crippen LogP contribution < -0.4 is 5.73 Å². The number of carbonyl (C=O) groups excluding carboxylic acids is 2. The van der Waals surface area contributed by atoms with Gasteiger partial charge in [-0.3, -0.25) is 14.5 Å². The fourth-order valence-electron chi connectivity index (χ4n) is 1.75. The number of carbonyl (C=O) groups is 2. The second-order valence-electron chi connectivity index (χ2n) is 4.32. The Morgan fingerprint density at radius 1 is 1.68 bits per heavy atom. The summed E-state index contributed by atoms with van der Waals surface area (Å²) in [4.78, 5) is 25.0. The summed E-state index contributed by atoms with van der Waals surface area (Å²) in [5.74, 6) is 0.892. The van der Waals surface area contributed by atoms with E-state index in [1.54, 1.807) is 0 Å². The number of thiol groups is 1. The van der Waals surface area contributed by atoms with Gasteiger partial charge in [-0.05, 0) is 25.0 Å². The Kier molecular flexibility index (Phi) is 6.78. The largest absolute Gasteiger partial charge is 0.387 e. The minimum Gasteiger partial charge on any atom is -0.387 e. The zero-order valence-corrected chi connectivity index (χ0v) is 14.1. The predicted molar refractivity (Wildman–Crippen MR) is 87.8 cm³/mol. The van der Waals surface area contributed by atoms with Gasteiger partial charge in [-0.1, -0.05) is 11.7 Å². The topological polar surface area (TPSA) is 75.8 Å². The van der Waals surface area contributed by atoms with Crippen molar-refractivity contribution in [2.24, 2.45) is 10.1 Å². The Morgan fingerprint density at radius 3 is 2.79 bits per heavy atom. The molecule has 1 fully saturated rings. The van der Waals surface area contributed by atoms with Crippen molar-refractivity contribution < 1.29 is 9.59 Å². The van der Waals surface area contributed by atoms with Crippen molar-refractivity contribution >= 4 is 60.9 Å². The van der Waals surface area contributed by atoms with E-state index >= 15 is 0 Å². The molecule has 0 aromatic rings. The zero-order valence-electron chi connectivity index (χ0n) is 10.7. The average molecular weight is 340 g/mol. The van der Waals surface area contributed by atoms with Crippen molar-refractivity contribution in [1.29, 1.82) is 0 Å². The highest BCUT2D eigenvalue weighted by Crippen LogP contribution is 2.27. The number of amides is 2. The maximum Gasteiger partial charge on any atom is 0.243 e. The normalized spacial score (nSPS) is 22.4. The van der Waals surface area contributed by atoms with Crippen LogP contribution in [0.2, 0.25) is 0 Å². The lowest BCUT2D eigenvalue weighted by molar-refractivity contribution is -0.140. The zero-order chi connectivity index (χ0) is 14.6. The van der Waals surface area contributed by atoms with Crippen molar-refractivity contribution in [2.45, 2.75) is 38.0 Å². The lowest BCUT2D eigenvalue weighted by Crippen LogP contribution is -2.37. The molecule has 0 aliphatic carbocycles. The maximum absolute atomic E-state index is 12.0. The summed E-state index contributed by atoms with van der Waals surface area (Å²) < 4.78 is 3.94. The van der Waals surface area contributed by atoms with Crippen LogP contribution in [0.1, 0.15) is 26.7 Å². The Morgan fingerprint density at radius 2 is 2.32 bits per heavy atom. The van der Waals surface area contributed by atoms with Gasteiger partial charge in [0.15, 0.2) is 0 Å². The van der Waals surface area contributed by atoms with Gasteiger partial charge in [0.2, 0.25) is 11.8 Å². The number of thioether (sulfide) groups is 1. The van der Waals surface area contributed by atoms with E-state index in [4.69, 9.17) is 16.9 Å². The molecule has 0 aromatic carbocycles.